The number of aromatic nitrogens is 1. The first-order valence-corrected chi connectivity index (χ1v) is 3.59. The standard InChI is InChI=1S/C8H11NO2/c1-2-7(8(10)11)9-5-3-4-6-9/h3-7H,2H2,1H3,(H,10,11)/p-1. The minimum Gasteiger partial charge on any atom is -0.548 e. The topological polar surface area (TPSA) is 45.1 Å². The Morgan fingerprint density at radius 2 is 2.09 bits per heavy atom. The third-order valence-electron chi connectivity index (χ3n) is 1.65. The van der Waals surface area contributed by atoms with Crippen LogP contribution in [0.4, 0.5) is 0 Å². The molecule has 0 spiro atoms. The Hall–Kier alpha value is -1.25. The summed E-state index contributed by atoms with van der Waals surface area (Å²) in [6.07, 6.45) is 4.00. The smallest absolute Gasteiger partial charge is 0.0722 e. The van der Waals surface area contributed by atoms with Crippen LogP contribution in [0.2, 0.25) is 0 Å². The van der Waals surface area contributed by atoms with Crippen LogP contribution in [0.15, 0.2) is 24.5 Å². The van der Waals surface area contributed by atoms with Crippen molar-refractivity contribution in [1.29, 1.82) is 0 Å². The third kappa shape index (κ3) is 1.61. The Kier molecular flexibility index (Phi) is 2.31. The zero-order valence-electron chi connectivity index (χ0n) is 6.36. The first kappa shape index (κ1) is 7.85. The van der Waals surface area contributed by atoms with Gasteiger partial charge in [-0.3, -0.25) is 0 Å². The summed E-state index contributed by atoms with van der Waals surface area (Å²) in [5.41, 5.74) is 0. The molecular weight excluding hydrogens is 142 g/mol. The molecule has 0 aliphatic heterocycles. The number of nitrogens with zero attached hydrogens (tertiary/aromatic N) is 1. The Morgan fingerprint density at radius 3 is 2.45 bits per heavy atom. The lowest BCUT2D eigenvalue weighted by atomic mass is 10.2. The van der Waals surface area contributed by atoms with Gasteiger partial charge in [-0.2, -0.15) is 0 Å². The molecule has 0 saturated heterocycles. The number of carboxylic acids is 1. The predicted molar refractivity (Wildman–Crippen MR) is 38.8 cm³/mol. The van der Waals surface area contributed by atoms with E-state index in [1.165, 1.54) is 0 Å². The summed E-state index contributed by atoms with van der Waals surface area (Å²) in [7, 11) is 0. The fourth-order valence-corrected chi connectivity index (χ4v) is 1.05. The Balaban J connectivity index is 2.79. The molecule has 0 saturated carbocycles. The van der Waals surface area contributed by atoms with Gasteiger partial charge in [0.2, 0.25) is 0 Å². The van der Waals surface area contributed by atoms with Crippen LogP contribution in [0.3, 0.4) is 0 Å². The first-order valence-electron chi connectivity index (χ1n) is 3.59. The number of carboxylic acid groups (broad SMARTS) is 1. The van der Waals surface area contributed by atoms with Gasteiger partial charge in [-0.25, -0.2) is 0 Å². The monoisotopic (exact) mass is 152 g/mol. The maximum Gasteiger partial charge on any atom is 0.0722 e. The van der Waals surface area contributed by atoms with Gasteiger partial charge in [-0.15, -0.1) is 0 Å². The van der Waals surface area contributed by atoms with Crippen molar-refractivity contribution in [3.63, 3.8) is 0 Å². The number of aliphatic carboxylic acids is 1. The summed E-state index contributed by atoms with van der Waals surface area (Å²) < 4.78 is 1.63. The maximum absolute atomic E-state index is 10.5. The summed E-state index contributed by atoms with van der Waals surface area (Å²) in [5.74, 6) is -1.02. The van der Waals surface area contributed by atoms with Crippen LogP contribution in [0, 0.1) is 0 Å². The third-order valence-corrected chi connectivity index (χ3v) is 1.65. The zero-order valence-corrected chi connectivity index (χ0v) is 6.36. The average molecular weight is 152 g/mol. The predicted octanol–water partition coefficient (Wildman–Crippen LogP) is 0.189. The van der Waals surface area contributed by atoms with Crippen molar-refractivity contribution in [2.24, 2.45) is 0 Å². The lowest BCUT2D eigenvalue weighted by molar-refractivity contribution is -0.310. The van der Waals surface area contributed by atoms with E-state index in [0.717, 1.165) is 0 Å². The fourth-order valence-electron chi connectivity index (χ4n) is 1.05. The van der Waals surface area contributed by atoms with E-state index in [-0.39, 0.29) is 0 Å². The summed E-state index contributed by atoms with van der Waals surface area (Å²) in [6.45, 7) is 1.82. The number of rotatable bonds is 3. The van der Waals surface area contributed by atoms with E-state index in [1.54, 1.807) is 29.1 Å². The second kappa shape index (κ2) is 3.23. The Morgan fingerprint density at radius 1 is 1.55 bits per heavy atom. The SMILES string of the molecule is CCC(C(=O)[O-])n1cccc1. The molecule has 60 valence electrons. The van der Waals surface area contributed by atoms with Crippen LogP contribution in [-0.2, 0) is 4.79 Å². The lowest BCUT2D eigenvalue weighted by Crippen LogP contribution is -2.32. The second-order valence-corrected chi connectivity index (χ2v) is 2.37. The van der Waals surface area contributed by atoms with Gasteiger partial charge >= 0.3 is 0 Å². The number of hydrogen-bond acceptors (Lipinski definition) is 2. The van der Waals surface area contributed by atoms with Gasteiger partial charge in [0.15, 0.2) is 0 Å². The Labute approximate surface area is 65.3 Å². The van der Waals surface area contributed by atoms with Gasteiger partial charge in [0, 0.05) is 12.4 Å². The van der Waals surface area contributed by atoms with Gasteiger partial charge < -0.3 is 14.5 Å². The van der Waals surface area contributed by atoms with Crippen LogP contribution in [0.25, 0.3) is 0 Å². The molecule has 0 aliphatic carbocycles. The molecule has 0 fully saturated rings. The highest BCUT2D eigenvalue weighted by atomic mass is 16.4. The molecule has 0 N–H and O–H groups in total. The molecule has 1 rings (SSSR count). The van der Waals surface area contributed by atoms with Crippen LogP contribution in [0.5, 0.6) is 0 Å². The molecule has 1 heterocycles. The van der Waals surface area contributed by atoms with Gasteiger partial charge in [0.25, 0.3) is 0 Å². The highest BCUT2D eigenvalue weighted by molar-refractivity contribution is 5.69. The van der Waals surface area contributed by atoms with E-state index in [9.17, 15) is 9.90 Å². The normalized spacial score (nSPS) is 12.8. The molecule has 1 unspecified atom stereocenters. The molecule has 0 amide bonds. The fraction of sp³-hybridized carbons (Fsp3) is 0.375. The minimum absolute atomic E-state index is 0.523. The zero-order chi connectivity index (χ0) is 8.27. The molecule has 0 aliphatic rings. The largest absolute Gasteiger partial charge is 0.548 e. The minimum atomic E-state index is -1.02. The number of carbonyl (C=O) groups excluding carboxylic acids is 1. The van der Waals surface area contributed by atoms with Crippen LogP contribution >= 0.6 is 0 Å². The van der Waals surface area contributed by atoms with Crippen molar-refractivity contribution in [3.8, 4) is 0 Å². The maximum atomic E-state index is 10.5. The molecule has 0 bridgehead atoms. The lowest BCUT2D eigenvalue weighted by Gasteiger charge is -2.17. The van der Waals surface area contributed by atoms with Crippen molar-refractivity contribution in [2.75, 3.05) is 0 Å². The number of carbonyl (C=O) groups is 1. The molecule has 0 radical (unpaired) electrons. The van der Waals surface area contributed by atoms with E-state index < -0.39 is 12.0 Å². The summed E-state index contributed by atoms with van der Waals surface area (Å²) in [5, 5.41) is 10.5. The van der Waals surface area contributed by atoms with Gasteiger partial charge in [-0.1, -0.05) is 6.92 Å². The quantitative estimate of drug-likeness (QED) is 0.620. The molecule has 3 heteroatoms. The van der Waals surface area contributed by atoms with Crippen LogP contribution < -0.4 is 5.11 Å². The van der Waals surface area contributed by atoms with Crippen molar-refractivity contribution in [2.45, 2.75) is 19.4 Å². The van der Waals surface area contributed by atoms with E-state index in [0.29, 0.717) is 6.42 Å². The molecule has 1 aromatic rings. The second-order valence-electron chi connectivity index (χ2n) is 2.37. The molecule has 1 atom stereocenters. The van der Waals surface area contributed by atoms with Crippen molar-refractivity contribution in [1.82, 2.24) is 4.57 Å². The number of hydrogen-bond donors (Lipinski definition) is 0. The highest BCUT2D eigenvalue weighted by Gasteiger charge is 2.06. The van der Waals surface area contributed by atoms with Crippen molar-refractivity contribution < 1.29 is 9.90 Å². The van der Waals surface area contributed by atoms with Crippen LogP contribution in [-0.4, -0.2) is 10.5 Å². The van der Waals surface area contributed by atoms with Gasteiger partial charge in [-0.05, 0) is 18.6 Å². The van der Waals surface area contributed by atoms with Crippen molar-refractivity contribution >= 4 is 5.97 Å². The average Bonchev–Trinajstić information content (AvgIpc) is 2.40. The Bertz CT molecular complexity index is 228. The molecule has 3 nitrogen and oxygen atoms in total. The molecule has 1 aromatic heterocycles. The molecular formula is C8H10NO2-. The van der Waals surface area contributed by atoms with Crippen LogP contribution in [0.1, 0.15) is 19.4 Å². The van der Waals surface area contributed by atoms with Crippen molar-refractivity contribution in [3.05, 3.63) is 24.5 Å². The first-order chi connectivity index (χ1) is 5.25. The van der Waals surface area contributed by atoms with E-state index in [2.05, 4.69) is 0 Å². The van der Waals surface area contributed by atoms with E-state index in [4.69, 9.17) is 0 Å². The van der Waals surface area contributed by atoms with Gasteiger partial charge in [0.1, 0.15) is 0 Å². The molecule has 11 heavy (non-hydrogen) atoms. The summed E-state index contributed by atoms with van der Waals surface area (Å²) in [4.78, 5) is 10.5. The summed E-state index contributed by atoms with van der Waals surface area (Å²) in [6, 6.07) is 3.07. The van der Waals surface area contributed by atoms with E-state index in [1.807, 2.05) is 6.92 Å². The highest BCUT2D eigenvalue weighted by Crippen LogP contribution is 2.09. The van der Waals surface area contributed by atoms with E-state index >= 15 is 0 Å². The van der Waals surface area contributed by atoms with Gasteiger partial charge in [0.05, 0.1) is 12.0 Å². The molecule has 0 aromatic carbocycles. The summed E-state index contributed by atoms with van der Waals surface area (Å²) >= 11 is 0.